The van der Waals surface area contributed by atoms with Crippen LogP contribution in [0.5, 0.6) is 0 Å². The van der Waals surface area contributed by atoms with Crippen molar-refractivity contribution in [3.8, 4) is 0 Å². The van der Waals surface area contributed by atoms with Crippen LogP contribution < -0.4 is 5.32 Å². The third kappa shape index (κ3) is 2.94. The molecule has 0 aromatic carbocycles. The van der Waals surface area contributed by atoms with Gasteiger partial charge >= 0.3 is 5.97 Å². The van der Waals surface area contributed by atoms with Gasteiger partial charge in [0, 0.05) is 5.92 Å². The summed E-state index contributed by atoms with van der Waals surface area (Å²) in [6.07, 6.45) is 2.06. The summed E-state index contributed by atoms with van der Waals surface area (Å²) in [5, 5.41) is 11.5. The first kappa shape index (κ1) is 13.6. The van der Waals surface area contributed by atoms with E-state index in [0.717, 1.165) is 12.8 Å². The highest BCUT2D eigenvalue weighted by molar-refractivity contribution is 5.95. The average Bonchev–Trinajstić information content (AvgIpc) is 3.08. The molecule has 1 aliphatic rings. The lowest BCUT2D eigenvalue weighted by molar-refractivity contribution is -0.140. The number of aromatic nitrogens is 1. The molecule has 6 nitrogen and oxygen atoms in total. The fourth-order valence-corrected chi connectivity index (χ4v) is 1.85. The van der Waals surface area contributed by atoms with Gasteiger partial charge in [0.15, 0.2) is 5.89 Å². The Bertz CT molecular complexity index is 503. The van der Waals surface area contributed by atoms with Crippen molar-refractivity contribution in [1.82, 2.24) is 10.3 Å². The number of nitrogens with one attached hydrogen (secondary N) is 1. The molecule has 1 aliphatic carbocycles. The fourth-order valence-electron chi connectivity index (χ4n) is 1.85. The fraction of sp³-hybridized carbons (Fsp3) is 0.615. The van der Waals surface area contributed by atoms with Crippen molar-refractivity contribution in [3.05, 3.63) is 17.3 Å². The number of hydrogen-bond donors (Lipinski definition) is 2. The molecule has 1 aromatic rings. The van der Waals surface area contributed by atoms with Gasteiger partial charge in [-0.1, -0.05) is 13.8 Å². The molecule has 0 aliphatic heterocycles. The molecule has 0 radical (unpaired) electrons. The summed E-state index contributed by atoms with van der Waals surface area (Å²) in [4.78, 5) is 27.3. The van der Waals surface area contributed by atoms with E-state index in [0.29, 0.717) is 17.5 Å². The topological polar surface area (TPSA) is 92.4 Å². The molecule has 1 amide bonds. The van der Waals surface area contributed by atoms with E-state index in [1.807, 2.05) is 0 Å². The van der Waals surface area contributed by atoms with Crippen LogP contribution in [0.3, 0.4) is 0 Å². The number of amides is 1. The Morgan fingerprint density at radius 2 is 2.05 bits per heavy atom. The molecule has 1 unspecified atom stereocenters. The second-order valence-electron chi connectivity index (χ2n) is 5.27. The summed E-state index contributed by atoms with van der Waals surface area (Å²) >= 11 is 0. The molecule has 2 N–H and O–H groups in total. The zero-order chi connectivity index (χ0) is 14.2. The monoisotopic (exact) mass is 266 g/mol. The maximum absolute atomic E-state index is 12.0. The molecule has 0 saturated heterocycles. The molecule has 1 heterocycles. The molecular formula is C13H18N2O4. The predicted octanol–water partition coefficient (Wildman–Crippen LogP) is 1.70. The van der Waals surface area contributed by atoms with E-state index in [1.54, 1.807) is 20.8 Å². The number of carbonyl (C=O) groups is 2. The number of aryl methyl sites for hydroxylation is 1. The molecule has 2 rings (SSSR count). The van der Waals surface area contributed by atoms with Gasteiger partial charge in [0.05, 0.1) is 5.69 Å². The number of carbonyl (C=O) groups excluding carboxylic acids is 1. The summed E-state index contributed by atoms with van der Waals surface area (Å²) in [5.41, 5.74) is 0.507. The van der Waals surface area contributed by atoms with Crippen LogP contribution in [-0.2, 0) is 4.79 Å². The van der Waals surface area contributed by atoms with E-state index < -0.39 is 17.9 Å². The number of rotatable bonds is 5. The first-order chi connectivity index (χ1) is 8.90. The molecule has 19 heavy (non-hydrogen) atoms. The van der Waals surface area contributed by atoms with Gasteiger partial charge in [-0.05, 0) is 25.7 Å². The second kappa shape index (κ2) is 5.03. The summed E-state index contributed by atoms with van der Waals surface area (Å²) in [6, 6.07) is -0.929. The molecule has 1 saturated carbocycles. The van der Waals surface area contributed by atoms with Crippen molar-refractivity contribution in [2.45, 2.75) is 45.6 Å². The minimum Gasteiger partial charge on any atom is -0.480 e. The van der Waals surface area contributed by atoms with E-state index in [9.17, 15) is 9.59 Å². The lowest BCUT2D eigenvalue weighted by Gasteiger charge is -2.16. The van der Waals surface area contributed by atoms with Crippen molar-refractivity contribution < 1.29 is 19.1 Å². The Labute approximate surface area is 111 Å². The van der Waals surface area contributed by atoms with Crippen LogP contribution in [0.1, 0.15) is 54.7 Å². The molecule has 1 aromatic heterocycles. The van der Waals surface area contributed by atoms with Gasteiger partial charge in [0.2, 0.25) is 5.76 Å². The van der Waals surface area contributed by atoms with E-state index in [4.69, 9.17) is 9.52 Å². The summed E-state index contributed by atoms with van der Waals surface area (Å²) in [6.45, 7) is 5.17. The first-order valence-electron chi connectivity index (χ1n) is 6.41. The molecule has 6 heteroatoms. The summed E-state index contributed by atoms with van der Waals surface area (Å²) in [5.74, 6) is -0.748. The van der Waals surface area contributed by atoms with Crippen LogP contribution in [0.25, 0.3) is 0 Å². The number of carboxylic acids is 1. The van der Waals surface area contributed by atoms with Gasteiger partial charge in [-0.15, -0.1) is 0 Å². The van der Waals surface area contributed by atoms with Crippen LogP contribution in [0, 0.1) is 12.8 Å². The van der Waals surface area contributed by atoms with Crippen LogP contribution in [0.2, 0.25) is 0 Å². The van der Waals surface area contributed by atoms with Crippen molar-refractivity contribution in [2.75, 3.05) is 0 Å². The largest absolute Gasteiger partial charge is 0.480 e. The van der Waals surface area contributed by atoms with E-state index in [1.165, 1.54) is 0 Å². The summed E-state index contributed by atoms with van der Waals surface area (Å²) < 4.78 is 5.44. The van der Waals surface area contributed by atoms with Gasteiger partial charge < -0.3 is 14.8 Å². The van der Waals surface area contributed by atoms with Crippen LogP contribution >= 0.6 is 0 Å². The standard InChI is InChI=1S/C13H18N2O4/c1-6(2)9(13(17)18)15-11(16)10-7(3)14-12(19-10)8-4-5-8/h6,8-9H,4-5H2,1-3H3,(H,15,16)(H,17,18). The Hall–Kier alpha value is -1.85. The zero-order valence-electron chi connectivity index (χ0n) is 11.3. The van der Waals surface area contributed by atoms with Crippen LogP contribution in [0.15, 0.2) is 4.42 Å². The highest BCUT2D eigenvalue weighted by Crippen LogP contribution is 2.40. The maximum atomic E-state index is 12.0. The third-order valence-electron chi connectivity index (χ3n) is 3.17. The summed E-state index contributed by atoms with van der Waals surface area (Å²) in [7, 11) is 0. The van der Waals surface area contributed by atoms with Crippen LogP contribution in [0.4, 0.5) is 0 Å². The highest BCUT2D eigenvalue weighted by atomic mass is 16.4. The minimum absolute atomic E-state index is 0.119. The number of nitrogens with zero attached hydrogens (tertiary/aromatic N) is 1. The van der Waals surface area contributed by atoms with Gasteiger partial charge in [0.1, 0.15) is 6.04 Å². The van der Waals surface area contributed by atoms with Gasteiger partial charge in [-0.3, -0.25) is 4.79 Å². The molecule has 1 fully saturated rings. The van der Waals surface area contributed by atoms with Crippen molar-refractivity contribution in [3.63, 3.8) is 0 Å². The molecule has 104 valence electrons. The van der Waals surface area contributed by atoms with Crippen molar-refractivity contribution in [2.24, 2.45) is 5.92 Å². The molecule has 1 atom stereocenters. The zero-order valence-corrected chi connectivity index (χ0v) is 11.3. The highest BCUT2D eigenvalue weighted by Gasteiger charge is 2.32. The van der Waals surface area contributed by atoms with E-state index >= 15 is 0 Å². The van der Waals surface area contributed by atoms with Crippen molar-refractivity contribution >= 4 is 11.9 Å². The molecule has 0 bridgehead atoms. The van der Waals surface area contributed by atoms with Crippen LogP contribution in [-0.4, -0.2) is 28.0 Å². The number of carboxylic acid groups (broad SMARTS) is 1. The smallest absolute Gasteiger partial charge is 0.326 e. The van der Waals surface area contributed by atoms with Gasteiger partial charge in [0.25, 0.3) is 5.91 Å². The number of oxazole rings is 1. The normalized spacial score (nSPS) is 16.4. The second-order valence-corrected chi connectivity index (χ2v) is 5.27. The first-order valence-corrected chi connectivity index (χ1v) is 6.41. The molecule has 0 spiro atoms. The Balaban J connectivity index is 2.12. The number of aliphatic carboxylic acids is 1. The minimum atomic E-state index is -1.05. The van der Waals surface area contributed by atoms with E-state index in [2.05, 4.69) is 10.3 Å². The van der Waals surface area contributed by atoms with Gasteiger partial charge in [-0.25, -0.2) is 9.78 Å². The lowest BCUT2D eigenvalue weighted by atomic mass is 10.0. The number of hydrogen-bond acceptors (Lipinski definition) is 4. The Morgan fingerprint density at radius 3 is 2.53 bits per heavy atom. The molecular weight excluding hydrogens is 248 g/mol. The lowest BCUT2D eigenvalue weighted by Crippen LogP contribution is -2.44. The van der Waals surface area contributed by atoms with Crippen molar-refractivity contribution in [1.29, 1.82) is 0 Å². The third-order valence-corrected chi connectivity index (χ3v) is 3.17. The van der Waals surface area contributed by atoms with Gasteiger partial charge in [-0.2, -0.15) is 0 Å². The Morgan fingerprint density at radius 1 is 1.42 bits per heavy atom. The SMILES string of the molecule is Cc1nc(C2CC2)oc1C(=O)NC(C(=O)O)C(C)C. The quantitative estimate of drug-likeness (QED) is 0.846. The van der Waals surface area contributed by atoms with E-state index in [-0.39, 0.29) is 11.7 Å². The maximum Gasteiger partial charge on any atom is 0.326 e. The Kier molecular flexibility index (Phi) is 3.59. The average molecular weight is 266 g/mol. The predicted molar refractivity (Wildman–Crippen MR) is 66.9 cm³/mol.